The van der Waals surface area contributed by atoms with Crippen molar-refractivity contribution in [3.8, 4) is 0 Å². The Balaban J connectivity index is 3.44. The van der Waals surface area contributed by atoms with Crippen molar-refractivity contribution in [2.75, 3.05) is 20.3 Å². The van der Waals surface area contributed by atoms with Gasteiger partial charge in [-0.2, -0.15) is 0 Å². The molecule has 0 aliphatic rings. The van der Waals surface area contributed by atoms with Crippen LogP contribution >= 0.6 is 0 Å². The van der Waals surface area contributed by atoms with Crippen molar-refractivity contribution in [2.45, 2.75) is 71.8 Å². The van der Waals surface area contributed by atoms with Crippen molar-refractivity contribution in [3.63, 3.8) is 0 Å². The van der Waals surface area contributed by atoms with E-state index in [4.69, 9.17) is 9.57 Å². The maximum atomic E-state index is 11.6. The molecular weight excluding hydrogens is 284 g/mol. The summed E-state index contributed by atoms with van der Waals surface area (Å²) in [5.74, 6) is 0.0176. The number of nitrogens with zero attached hydrogens (tertiary/aromatic N) is 1. The summed E-state index contributed by atoms with van der Waals surface area (Å²) in [5, 5.41) is 4.06. The van der Waals surface area contributed by atoms with Gasteiger partial charge in [0.15, 0.2) is 0 Å². The second-order valence-electron chi connectivity index (χ2n) is 6.34. The molecule has 0 rings (SSSR count). The van der Waals surface area contributed by atoms with Crippen LogP contribution in [-0.4, -0.2) is 42.9 Å². The first-order valence-corrected chi connectivity index (χ1v) is 8.10. The average molecular weight is 316 g/mol. The maximum Gasteiger partial charge on any atom is 0.407 e. The largest absolute Gasteiger partial charge is 0.450 e. The fraction of sp³-hybridized carbons (Fsp3) is 0.875. The molecule has 0 fully saturated rings. The quantitative estimate of drug-likeness (QED) is 0.496. The monoisotopic (exact) mass is 316 g/mol. The number of alkyl carbamates (subject to hydrolysis) is 1. The van der Waals surface area contributed by atoms with E-state index < -0.39 is 0 Å². The molecule has 0 aliphatic carbocycles. The summed E-state index contributed by atoms with van der Waals surface area (Å²) in [6.45, 7) is 8.54. The topological polar surface area (TPSA) is 67.9 Å². The molecule has 1 N–H and O–H groups in total. The smallest absolute Gasteiger partial charge is 0.407 e. The van der Waals surface area contributed by atoms with Gasteiger partial charge < -0.3 is 10.1 Å². The first-order valence-electron chi connectivity index (χ1n) is 8.10. The van der Waals surface area contributed by atoms with Crippen LogP contribution in [-0.2, 0) is 14.4 Å². The number of hydroxylamine groups is 2. The molecule has 0 spiro atoms. The lowest BCUT2D eigenvalue weighted by Crippen LogP contribution is -2.41. The second-order valence-corrected chi connectivity index (χ2v) is 6.34. The Hall–Kier alpha value is -1.30. The summed E-state index contributed by atoms with van der Waals surface area (Å²) in [7, 11) is 1.64. The molecule has 22 heavy (non-hydrogen) atoms. The van der Waals surface area contributed by atoms with Gasteiger partial charge in [-0.05, 0) is 40.5 Å². The third kappa shape index (κ3) is 12.4. The zero-order chi connectivity index (χ0) is 17.0. The number of carbonyl (C=O) groups is 2. The molecule has 0 aliphatic heterocycles. The van der Waals surface area contributed by atoms with Gasteiger partial charge in [0.05, 0.1) is 13.2 Å². The van der Waals surface area contributed by atoms with Crippen LogP contribution in [0.2, 0.25) is 0 Å². The van der Waals surface area contributed by atoms with E-state index in [1.807, 2.05) is 27.7 Å². The Morgan fingerprint density at radius 2 is 1.64 bits per heavy atom. The van der Waals surface area contributed by atoms with Crippen LogP contribution in [0, 0.1) is 0 Å². The summed E-state index contributed by atoms with van der Waals surface area (Å²) < 4.78 is 5.09. The highest BCUT2D eigenvalue weighted by atomic mass is 16.7. The molecule has 0 unspecified atom stereocenters. The van der Waals surface area contributed by atoms with Gasteiger partial charge in [-0.15, -0.1) is 0 Å². The number of unbranched alkanes of at least 4 members (excludes halogenated alkanes) is 4. The summed E-state index contributed by atoms with van der Waals surface area (Å²) in [4.78, 5) is 28.1. The number of hydrogen-bond acceptors (Lipinski definition) is 4. The number of amides is 2. The van der Waals surface area contributed by atoms with Crippen LogP contribution in [0.1, 0.15) is 66.2 Å². The lowest BCUT2D eigenvalue weighted by molar-refractivity contribution is -0.176. The van der Waals surface area contributed by atoms with Crippen LogP contribution in [0.5, 0.6) is 0 Å². The van der Waals surface area contributed by atoms with Crippen molar-refractivity contribution in [1.29, 1.82) is 0 Å². The molecule has 0 radical (unpaired) electrons. The second kappa shape index (κ2) is 11.3. The van der Waals surface area contributed by atoms with Gasteiger partial charge in [0.1, 0.15) is 0 Å². The van der Waals surface area contributed by atoms with Gasteiger partial charge in [0.25, 0.3) is 0 Å². The molecule has 6 nitrogen and oxygen atoms in total. The van der Waals surface area contributed by atoms with E-state index in [1.165, 1.54) is 5.06 Å². The summed E-state index contributed by atoms with van der Waals surface area (Å²) >= 11 is 0. The van der Waals surface area contributed by atoms with E-state index in [0.717, 1.165) is 32.1 Å². The van der Waals surface area contributed by atoms with Crippen LogP contribution in [0.25, 0.3) is 0 Å². The molecule has 2 amide bonds. The highest BCUT2D eigenvalue weighted by molar-refractivity contribution is 5.74. The van der Waals surface area contributed by atoms with Gasteiger partial charge in [0.2, 0.25) is 5.91 Å². The van der Waals surface area contributed by atoms with Crippen LogP contribution in [0.15, 0.2) is 0 Å². The van der Waals surface area contributed by atoms with Gasteiger partial charge >= 0.3 is 6.09 Å². The Morgan fingerprint density at radius 1 is 1.05 bits per heavy atom. The van der Waals surface area contributed by atoms with Gasteiger partial charge in [0, 0.05) is 19.0 Å². The van der Waals surface area contributed by atoms with Gasteiger partial charge in [-0.3, -0.25) is 9.63 Å². The average Bonchev–Trinajstić information content (AvgIpc) is 2.39. The first kappa shape index (κ1) is 20.7. The maximum absolute atomic E-state index is 11.6. The number of carbonyl (C=O) groups excluding carboxylic acids is 2. The van der Waals surface area contributed by atoms with Crippen LogP contribution in [0.3, 0.4) is 0 Å². The predicted octanol–water partition coefficient (Wildman–Crippen LogP) is 3.26. The fourth-order valence-corrected chi connectivity index (χ4v) is 1.84. The third-order valence-electron chi connectivity index (χ3n) is 2.92. The highest BCUT2D eigenvalue weighted by Crippen LogP contribution is 2.07. The molecular formula is C16H32N2O4. The van der Waals surface area contributed by atoms with E-state index in [9.17, 15) is 9.59 Å². The molecule has 0 saturated heterocycles. The van der Waals surface area contributed by atoms with Crippen LogP contribution in [0.4, 0.5) is 4.79 Å². The molecule has 130 valence electrons. The van der Waals surface area contributed by atoms with E-state index >= 15 is 0 Å². The van der Waals surface area contributed by atoms with E-state index in [-0.39, 0.29) is 17.5 Å². The lowest BCUT2D eigenvalue weighted by Gasteiger charge is -2.19. The summed E-state index contributed by atoms with van der Waals surface area (Å²) in [6, 6.07) is 0. The predicted molar refractivity (Wildman–Crippen MR) is 86.3 cm³/mol. The highest BCUT2D eigenvalue weighted by Gasteiger charge is 2.14. The van der Waals surface area contributed by atoms with Crippen molar-refractivity contribution < 1.29 is 19.2 Å². The Morgan fingerprint density at radius 3 is 2.23 bits per heavy atom. The van der Waals surface area contributed by atoms with Gasteiger partial charge in [-0.25, -0.2) is 9.86 Å². The first-order chi connectivity index (χ1) is 10.3. The normalized spacial score (nSPS) is 11.1. The minimum atomic E-state index is -0.364. The fourth-order valence-electron chi connectivity index (χ4n) is 1.84. The minimum Gasteiger partial charge on any atom is -0.450 e. The molecule has 0 aromatic carbocycles. The van der Waals surface area contributed by atoms with Crippen molar-refractivity contribution in [3.05, 3.63) is 0 Å². The van der Waals surface area contributed by atoms with E-state index in [1.54, 1.807) is 7.05 Å². The molecule has 0 bridgehead atoms. The minimum absolute atomic E-state index is 0.0176. The molecule has 0 aromatic heterocycles. The number of nitrogens with one attached hydrogen (secondary N) is 1. The zero-order valence-electron chi connectivity index (χ0n) is 14.7. The SMILES string of the molecule is CCON(C)C(=O)CCCCCCCOC(=O)NC(C)(C)C. The Bertz CT molecular complexity index is 327. The lowest BCUT2D eigenvalue weighted by atomic mass is 10.1. The zero-order valence-corrected chi connectivity index (χ0v) is 14.7. The Labute approximate surface area is 134 Å². The number of rotatable bonds is 10. The van der Waals surface area contributed by atoms with Crippen molar-refractivity contribution in [2.24, 2.45) is 0 Å². The third-order valence-corrected chi connectivity index (χ3v) is 2.92. The summed E-state index contributed by atoms with van der Waals surface area (Å²) in [6.07, 6.45) is 4.90. The standard InChI is InChI=1S/C16H32N2O4/c1-6-22-18(5)14(19)12-10-8-7-9-11-13-21-15(20)17-16(2,3)4/h6-13H2,1-5H3,(H,17,20). The Kier molecular flexibility index (Phi) is 10.6. The van der Waals surface area contributed by atoms with Crippen molar-refractivity contribution in [1.82, 2.24) is 10.4 Å². The molecule has 0 heterocycles. The number of ether oxygens (including phenoxy) is 1. The molecule has 0 aromatic rings. The number of hydrogen-bond donors (Lipinski definition) is 1. The van der Waals surface area contributed by atoms with E-state index in [2.05, 4.69) is 5.32 Å². The van der Waals surface area contributed by atoms with Crippen LogP contribution < -0.4 is 5.32 Å². The van der Waals surface area contributed by atoms with E-state index in [0.29, 0.717) is 19.6 Å². The van der Waals surface area contributed by atoms with Crippen molar-refractivity contribution >= 4 is 12.0 Å². The molecule has 6 heteroatoms. The molecule has 0 atom stereocenters. The van der Waals surface area contributed by atoms with Gasteiger partial charge in [-0.1, -0.05) is 19.3 Å². The summed E-state index contributed by atoms with van der Waals surface area (Å²) in [5.41, 5.74) is -0.266. The molecule has 0 saturated carbocycles.